The van der Waals surface area contributed by atoms with Gasteiger partial charge in [0.2, 0.25) is 5.95 Å². The van der Waals surface area contributed by atoms with Crippen molar-refractivity contribution in [3.8, 4) is 0 Å². The van der Waals surface area contributed by atoms with E-state index in [1.54, 1.807) is 7.05 Å². The summed E-state index contributed by atoms with van der Waals surface area (Å²) in [5, 5.41) is 0. The second-order valence-corrected chi connectivity index (χ2v) is 8.71. The van der Waals surface area contributed by atoms with Gasteiger partial charge in [-0.2, -0.15) is 4.98 Å². The summed E-state index contributed by atoms with van der Waals surface area (Å²) in [6.07, 6.45) is 1.97. The number of nitrogens with zero attached hydrogens (tertiary/aromatic N) is 5. The summed E-state index contributed by atoms with van der Waals surface area (Å²) in [4.78, 5) is 36.4. The van der Waals surface area contributed by atoms with Gasteiger partial charge in [0, 0.05) is 50.8 Å². The molecule has 0 amide bonds. The van der Waals surface area contributed by atoms with Crippen molar-refractivity contribution in [2.24, 2.45) is 7.05 Å². The van der Waals surface area contributed by atoms with Crippen LogP contribution in [-0.2, 0) is 20.1 Å². The molecule has 1 fully saturated rings. The molecule has 3 heterocycles. The summed E-state index contributed by atoms with van der Waals surface area (Å²) in [7, 11) is 1.65. The van der Waals surface area contributed by atoms with Crippen LogP contribution in [0.2, 0.25) is 0 Å². The fourth-order valence-electron chi connectivity index (χ4n) is 3.95. The minimum absolute atomic E-state index is 0.364. The minimum atomic E-state index is -0.432. The Morgan fingerprint density at radius 1 is 1.10 bits per heavy atom. The van der Waals surface area contributed by atoms with Crippen molar-refractivity contribution in [1.29, 1.82) is 0 Å². The number of piperazine rings is 1. The Balaban J connectivity index is 1.58. The Morgan fingerprint density at radius 2 is 1.80 bits per heavy atom. The summed E-state index contributed by atoms with van der Waals surface area (Å²) in [5.74, 6) is 0.786. The number of fused-ring (bicyclic) bond motifs is 1. The van der Waals surface area contributed by atoms with Gasteiger partial charge in [0.15, 0.2) is 11.2 Å². The Hall–Kier alpha value is -2.39. The van der Waals surface area contributed by atoms with Gasteiger partial charge in [-0.05, 0) is 24.1 Å². The Kier molecular flexibility index (Phi) is 6.10. The van der Waals surface area contributed by atoms with E-state index < -0.39 is 5.69 Å². The number of unbranched alkanes of at least 4 members (excludes halogenated alkanes) is 1. The fourth-order valence-corrected chi connectivity index (χ4v) is 4.21. The van der Waals surface area contributed by atoms with E-state index in [1.807, 2.05) is 4.57 Å². The third-order valence-electron chi connectivity index (χ3n) is 5.70. The van der Waals surface area contributed by atoms with Crippen molar-refractivity contribution in [3.63, 3.8) is 0 Å². The lowest BCUT2D eigenvalue weighted by atomic mass is 10.2. The summed E-state index contributed by atoms with van der Waals surface area (Å²) < 4.78 is 4.50. The molecule has 3 aromatic rings. The molecule has 0 bridgehead atoms. The number of aryl methyl sites for hydroxylation is 2. The Morgan fingerprint density at radius 3 is 2.47 bits per heavy atom. The average molecular weight is 475 g/mol. The molecule has 0 unspecified atom stereocenters. The van der Waals surface area contributed by atoms with Crippen molar-refractivity contribution in [2.45, 2.75) is 32.9 Å². The number of aromatic nitrogens is 4. The molecule has 0 spiro atoms. The van der Waals surface area contributed by atoms with Crippen LogP contribution < -0.4 is 16.1 Å². The molecule has 0 saturated carbocycles. The van der Waals surface area contributed by atoms with Crippen LogP contribution in [-0.4, -0.2) is 50.2 Å². The fraction of sp³-hybridized carbons (Fsp3) is 0.476. The molecule has 1 N–H and O–H groups in total. The second-order valence-electron chi connectivity index (χ2n) is 7.80. The quantitative estimate of drug-likeness (QED) is 0.592. The second kappa shape index (κ2) is 8.77. The van der Waals surface area contributed by atoms with Crippen LogP contribution in [0, 0.1) is 0 Å². The molecule has 30 heavy (non-hydrogen) atoms. The van der Waals surface area contributed by atoms with Crippen molar-refractivity contribution >= 4 is 33.0 Å². The van der Waals surface area contributed by atoms with E-state index in [2.05, 4.69) is 61.9 Å². The van der Waals surface area contributed by atoms with Crippen LogP contribution in [0.15, 0.2) is 38.3 Å². The molecular weight excluding hydrogens is 448 g/mol. The minimum Gasteiger partial charge on any atom is -0.340 e. The number of imidazole rings is 1. The first kappa shape index (κ1) is 20.9. The Labute approximate surface area is 183 Å². The number of hydrogen-bond donors (Lipinski definition) is 1. The van der Waals surface area contributed by atoms with Gasteiger partial charge >= 0.3 is 5.69 Å². The van der Waals surface area contributed by atoms with E-state index >= 15 is 0 Å². The normalized spacial score (nSPS) is 15.2. The summed E-state index contributed by atoms with van der Waals surface area (Å²) in [6.45, 7) is 7.25. The number of benzene rings is 1. The Bertz CT molecular complexity index is 1140. The number of hydrogen-bond acceptors (Lipinski definition) is 5. The predicted octanol–water partition coefficient (Wildman–Crippen LogP) is 2.31. The topological polar surface area (TPSA) is 79.2 Å². The van der Waals surface area contributed by atoms with Crippen LogP contribution >= 0.6 is 15.9 Å². The number of halogens is 1. The van der Waals surface area contributed by atoms with E-state index in [0.717, 1.165) is 56.0 Å². The number of aromatic amines is 1. The van der Waals surface area contributed by atoms with Gasteiger partial charge in [-0.15, -0.1) is 0 Å². The van der Waals surface area contributed by atoms with Crippen molar-refractivity contribution in [1.82, 2.24) is 24.0 Å². The van der Waals surface area contributed by atoms with Gasteiger partial charge in [0.1, 0.15) is 0 Å². The smallest absolute Gasteiger partial charge is 0.329 e. The van der Waals surface area contributed by atoms with Crippen molar-refractivity contribution < 1.29 is 0 Å². The summed E-state index contributed by atoms with van der Waals surface area (Å²) in [5.41, 5.74) is 1.43. The summed E-state index contributed by atoms with van der Waals surface area (Å²) >= 11 is 3.48. The molecule has 2 aromatic heterocycles. The SMILES string of the molecule is CCCCn1c(N2CCN(Cc3ccc(Br)cc3)CC2)nc2c1c(=O)[nH]c(=O)n2C. The van der Waals surface area contributed by atoms with Crippen LogP contribution in [0.4, 0.5) is 5.95 Å². The van der Waals surface area contributed by atoms with Crippen molar-refractivity contribution in [2.75, 3.05) is 31.1 Å². The van der Waals surface area contributed by atoms with Crippen molar-refractivity contribution in [3.05, 3.63) is 55.1 Å². The van der Waals surface area contributed by atoms with Gasteiger partial charge in [-0.1, -0.05) is 41.4 Å². The molecule has 8 nitrogen and oxygen atoms in total. The van der Waals surface area contributed by atoms with Crippen LogP contribution in [0.25, 0.3) is 11.2 Å². The summed E-state index contributed by atoms with van der Waals surface area (Å²) in [6, 6.07) is 8.44. The lowest BCUT2D eigenvalue weighted by Crippen LogP contribution is -2.46. The largest absolute Gasteiger partial charge is 0.340 e. The van der Waals surface area contributed by atoms with E-state index in [0.29, 0.717) is 17.7 Å². The highest BCUT2D eigenvalue weighted by Crippen LogP contribution is 2.22. The molecule has 1 aliphatic rings. The first-order valence-corrected chi connectivity index (χ1v) is 11.2. The maximum absolute atomic E-state index is 12.6. The zero-order chi connectivity index (χ0) is 21.3. The van der Waals surface area contributed by atoms with Crippen LogP contribution in [0.5, 0.6) is 0 Å². The lowest BCUT2D eigenvalue weighted by Gasteiger charge is -2.35. The van der Waals surface area contributed by atoms with Gasteiger partial charge in [0.25, 0.3) is 5.56 Å². The molecule has 0 radical (unpaired) electrons. The number of anilines is 1. The molecule has 9 heteroatoms. The molecule has 0 atom stereocenters. The first-order chi connectivity index (χ1) is 14.5. The zero-order valence-corrected chi connectivity index (χ0v) is 19.0. The monoisotopic (exact) mass is 474 g/mol. The third kappa shape index (κ3) is 4.09. The van der Waals surface area contributed by atoms with E-state index in [4.69, 9.17) is 4.98 Å². The van der Waals surface area contributed by atoms with Gasteiger partial charge in [0.05, 0.1) is 0 Å². The highest BCUT2D eigenvalue weighted by molar-refractivity contribution is 9.10. The third-order valence-corrected chi connectivity index (χ3v) is 6.23. The maximum Gasteiger partial charge on any atom is 0.329 e. The first-order valence-electron chi connectivity index (χ1n) is 10.4. The molecule has 160 valence electrons. The van der Waals surface area contributed by atoms with Crippen LogP contribution in [0.1, 0.15) is 25.3 Å². The van der Waals surface area contributed by atoms with E-state index in [1.165, 1.54) is 10.1 Å². The predicted molar refractivity (Wildman–Crippen MR) is 122 cm³/mol. The van der Waals surface area contributed by atoms with Gasteiger partial charge < -0.3 is 9.47 Å². The average Bonchev–Trinajstić information content (AvgIpc) is 3.13. The van der Waals surface area contributed by atoms with Gasteiger partial charge in [-0.25, -0.2) is 4.79 Å². The highest BCUT2D eigenvalue weighted by Gasteiger charge is 2.24. The molecule has 1 aromatic carbocycles. The lowest BCUT2D eigenvalue weighted by molar-refractivity contribution is 0.248. The number of nitrogens with one attached hydrogen (secondary N) is 1. The van der Waals surface area contributed by atoms with Gasteiger partial charge in [-0.3, -0.25) is 19.2 Å². The number of H-pyrrole nitrogens is 1. The maximum atomic E-state index is 12.6. The molecular formula is C21H27BrN6O2. The molecule has 4 rings (SSSR count). The molecule has 1 aliphatic heterocycles. The number of rotatable bonds is 6. The van der Waals surface area contributed by atoms with Crippen LogP contribution in [0.3, 0.4) is 0 Å². The molecule has 1 saturated heterocycles. The van der Waals surface area contributed by atoms with E-state index in [-0.39, 0.29) is 5.56 Å². The zero-order valence-electron chi connectivity index (χ0n) is 17.4. The highest BCUT2D eigenvalue weighted by atomic mass is 79.9. The standard InChI is InChI=1S/C21H27BrN6O2/c1-3-4-9-28-17-18(25(2)21(30)24-19(17)29)23-20(28)27-12-10-26(11-13-27)14-15-5-7-16(22)8-6-15/h5-8H,3-4,9-14H2,1-2H3,(H,24,29,30). The molecule has 0 aliphatic carbocycles. The van der Waals surface area contributed by atoms with E-state index in [9.17, 15) is 9.59 Å².